The van der Waals surface area contributed by atoms with Crippen LogP contribution in [0.4, 0.5) is 0 Å². The molecule has 5 nitrogen and oxygen atoms in total. The summed E-state index contributed by atoms with van der Waals surface area (Å²) in [4.78, 5) is 28.5. The Morgan fingerprint density at radius 3 is 3.00 bits per heavy atom. The second-order valence-electron chi connectivity index (χ2n) is 4.48. The summed E-state index contributed by atoms with van der Waals surface area (Å²) in [6.45, 7) is 2.73. The summed E-state index contributed by atoms with van der Waals surface area (Å²) >= 11 is 0. The molecule has 0 aromatic carbocycles. The van der Waals surface area contributed by atoms with Crippen molar-refractivity contribution in [3.8, 4) is 0 Å². The van der Waals surface area contributed by atoms with Crippen molar-refractivity contribution in [2.24, 2.45) is 5.92 Å². The van der Waals surface area contributed by atoms with Crippen LogP contribution in [0.3, 0.4) is 0 Å². The minimum atomic E-state index is -0.900. The number of carboxylic acid groups (broad SMARTS) is 1. The van der Waals surface area contributed by atoms with E-state index in [0.29, 0.717) is 6.54 Å². The lowest BCUT2D eigenvalue weighted by Crippen LogP contribution is -2.26. The van der Waals surface area contributed by atoms with Gasteiger partial charge in [0.1, 0.15) is 0 Å². The van der Waals surface area contributed by atoms with Crippen LogP contribution in [0, 0.1) is 5.92 Å². The van der Waals surface area contributed by atoms with Gasteiger partial charge in [-0.25, -0.2) is 0 Å². The summed E-state index contributed by atoms with van der Waals surface area (Å²) in [6, 6.07) is 3.85. The summed E-state index contributed by atoms with van der Waals surface area (Å²) in [5.41, 5.74) is 1.96. The maximum atomic E-state index is 11.7. The Morgan fingerprint density at radius 2 is 2.39 bits per heavy atom. The molecule has 0 saturated carbocycles. The van der Waals surface area contributed by atoms with Crippen molar-refractivity contribution >= 4 is 11.9 Å². The predicted octanol–water partition coefficient (Wildman–Crippen LogP) is 1.08. The van der Waals surface area contributed by atoms with E-state index in [4.69, 9.17) is 5.11 Å². The molecule has 1 aliphatic heterocycles. The number of pyridine rings is 1. The fraction of sp³-hybridized carbons (Fsp3) is 0.462. The molecule has 2 rings (SSSR count). The normalized spacial score (nSPS) is 19.3. The van der Waals surface area contributed by atoms with Crippen molar-refractivity contribution < 1.29 is 14.7 Å². The van der Waals surface area contributed by atoms with Gasteiger partial charge in [-0.1, -0.05) is 13.0 Å². The van der Waals surface area contributed by atoms with Gasteiger partial charge in [-0.05, 0) is 18.1 Å². The number of rotatable bonds is 4. The van der Waals surface area contributed by atoms with Crippen molar-refractivity contribution in [3.63, 3.8) is 0 Å². The first-order chi connectivity index (χ1) is 8.61. The molecular formula is C13H16N2O3. The van der Waals surface area contributed by atoms with Gasteiger partial charge in [0.15, 0.2) is 0 Å². The molecular weight excluding hydrogens is 232 g/mol. The number of carboxylic acids is 1. The van der Waals surface area contributed by atoms with Crippen molar-refractivity contribution in [1.29, 1.82) is 0 Å². The summed E-state index contributed by atoms with van der Waals surface area (Å²) in [5, 5.41) is 8.92. The van der Waals surface area contributed by atoms with E-state index in [9.17, 15) is 9.59 Å². The van der Waals surface area contributed by atoms with Crippen LogP contribution in [0.15, 0.2) is 18.3 Å². The average Bonchev–Trinajstić information content (AvgIpc) is 2.72. The molecule has 1 unspecified atom stereocenters. The van der Waals surface area contributed by atoms with Gasteiger partial charge in [-0.15, -0.1) is 0 Å². The quantitative estimate of drug-likeness (QED) is 0.865. The van der Waals surface area contributed by atoms with Crippen LogP contribution in [-0.4, -0.2) is 33.4 Å². The molecule has 1 saturated heterocycles. The Balaban J connectivity index is 2.10. The number of carbonyl (C=O) groups excluding carboxylic acids is 1. The van der Waals surface area contributed by atoms with Crippen molar-refractivity contribution in [3.05, 3.63) is 29.6 Å². The number of hydrogen-bond acceptors (Lipinski definition) is 3. The lowest BCUT2D eigenvalue weighted by molar-refractivity contribution is -0.141. The minimum Gasteiger partial charge on any atom is -0.481 e. The lowest BCUT2D eigenvalue weighted by Gasteiger charge is -2.17. The molecule has 1 aromatic rings. The fourth-order valence-electron chi connectivity index (χ4n) is 2.21. The number of aryl methyl sites for hydroxylation is 1. The van der Waals surface area contributed by atoms with E-state index < -0.39 is 11.9 Å². The number of likely N-dealkylation sites (tertiary alicyclic amines) is 1. The zero-order valence-corrected chi connectivity index (χ0v) is 10.3. The highest BCUT2D eigenvalue weighted by Crippen LogP contribution is 2.20. The predicted molar refractivity (Wildman–Crippen MR) is 64.8 cm³/mol. The topological polar surface area (TPSA) is 70.5 Å². The minimum absolute atomic E-state index is 0.101. The van der Waals surface area contributed by atoms with Gasteiger partial charge < -0.3 is 10.0 Å². The first-order valence-electron chi connectivity index (χ1n) is 6.05. The maximum Gasteiger partial charge on any atom is 0.308 e. The Hall–Kier alpha value is -1.91. The van der Waals surface area contributed by atoms with Crippen LogP contribution in [0.2, 0.25) is 0 Å². The summed E-state index contributed by atoms with van der Waals surface area (Å²) in [5.74, 6) is -1.58. The Morgan fingerprint density at radius 1 is 1.61 bits per heavy atom. The van der Waals surface area contributed by atoms with E-state index in [1.54, 1.807) is 11.1 Å². The second kappa shape index (κ2) is 5.16. The number of carbonyl (C=O) groups is 2. The van der Waals surface area contributed by atoms with Gasteiger partial charge >= 0.3 is 5.97 Å². The van der Waals surface area contributed by atoms with Crippen LogP contribution in [0.1, 0.15) is 24.6 Å². The van der Waals surface area contributed by atoms with Gasteiger partial charge in [-0.3, -0.25) is 14.6 Å². The molecule has 2 heterocycles. The molecule has 0 spiro atoms. The van der Waals surface area contributed by atoms with Crippen molar-refractivity contribution in [2.45, 2.75) is 26.3 Å². The Kier molecular flexibility index (Phi) is 3.60. The number of nitrogens with zero attached hydrogens (tertiary/aromatic N) is 2. The standard InChI is InChI=1S/C13H16N2O3/c1-2-9-4-3-5-14-11(9)8-15-7-10(13(17)18)6-12(15)16/h3-5,10H,2,6-8H2,1H3,(H,17,18). The molecule has 0 aliphatic carbocycles. The molecule has 96 valence electrons. The molecule has 1 fully saturated rings. The molecule has 1 aliphatic rings. The highest BCUT2D eigenvalue weighted by atomic mass is 16.4. The van der Waals surface area contributed by atoms with Crippen LogP contribution in [0.25, 0.3) is 0 Å². The Labute approximate surface area is 105 Å². The fourth-order valence-corrected chi connectivity index (χ4v) is 2.21. The summed E-state index contributed by atoms with van der Waals surface area (Å²) < 4.78 is 0. The number of aromatic nitrogens is 1. The molecule has 0 bridgehead atoms. The van der Waals surface area contributed by atoms with Crippen LogP contribution in [-0.2, 0) is 22.6 Å². The average molecular weight is 248 g/mol. The number of aliphatic carboxylic acids is 1. The van der Waals surface area contributed by atoms with E-state index in [2.05, 4.69) is 4.98 Å². The Bertz CT molecular complexity index is 473. The van der Waals surface area contributed by atoms with E-state index in [1.807, 2.05) is 19.1 Å². The number of amides is 1. The zero-order chi connectivity index (χ0) is 13.1. The first-order valence-corrected chi connectivity index (χ1v) is 6.05. The molecule has 0 radical (unpaired) electrons. The number of hydrogen-bond donors (Lipinski definition) is 1. The molecule has 1 aromatic heterocycles. The lowest BCUT2D eigenvalue weighted by atomic mass is 10.1. The van der Waals surface area contributed by atoms with Crippen LogP contribution in [0.5, 0.6) is 0 Å². The SMILES string of the molecule is CCc1cccnc1CN1CC(C(=O)O)CC1=O. The smallest absolute Gasteiger partial charge is 0.308 e. The highest BCUT2D eigenvalue weighted by molar-refractivity contribution is 5.86. The molecule has 5 heteroatoms. The molecule has 1 atom stereocenters. The van der Waals surface area contributed by atoms with Gasteiger partial charge in [0.25, 0.3) is 0 Å². The van der Waals surface area contributed by atoms with Crippen LogP contribution < -0.4 is 0 Å². The van der Waals surface area contributed by atoms with E-state index in [1.165, 1.54) is 0 Å². The highest BCUT2D eigenvalue weighted by Gasteiger charge is 2.34. The monoisotopic (exact) mass is 248 g/mol. The van der Waals surface area contributed by atoms with Gasteiger partial charge in [0.05, 0.1) is 18.2 Å². The first kappa shape index (κ1) is 12.5. The molecule has 18 heavy (non-hydrogen) atoms. The third kappa shape index (κ3) is 2.50. The van der Waals surface area contributed by atoms with E-state index in [0.717, 1.165) is 17.7 Å². The molecule has 1 N–H and O–H groups in total. The largest absolute Gasteiger partial charge is 0.481 e. The summed E-state index contributed by atoms with van der Waals surface area (Å²) in [6.07, 6.45) is 2.65. The van der Waals surface area contributed by atoms with Crippen LogP contribution >= 0.6 is 0 Å². The van der Waals surface area contributed by atoms with Gasteiger partial charge in [0, 0.05) is 19.2 Å². The second-order valence-corrected chi connectivity index (χ2v) is 4.48. The van der Waals surface area contributed by atoms with E-state index >= 15 is 0 Å². The van der Waals surface area contributed by atoms with Crippen molar-refractivity contribution in [1.82, 2.24) is 9.88 Å². The van der Waals surface area contributed by atoms with Crippen molar-refractivity contribution in [2.75, 3.05) is 6.54 Å². The zero-order valence-electron chi connectivity index (χ0n) is 10.3. The van der Waals surface area contributed by atoms with Gasteiger partial charge in [-0.2, -0.15) is 0 Å². The van der Waals surface area contributed by atoms with Gasteiger partial charge in [0.2, 0.25) is 5.91 Å². The third-order valence-electron chi connectivity index (χ3n) is 3.27. The third-order valence-corrected chi connectivity index (χ3v) is 3.27. The molecule has 1 amide bonds. The summed E-state index contributed by atoms with van der Waals surface area (Å²) in [7, 11) is 0. The maximum absolute atomic E-state index is 11.7. The van der Waals surface area contributed by atoms with E-state index in [-0.39, 0.29) is 18.9 Å².